The summed E-state index contributed by atoms with van der Waals surface area (Å²) in [4.78, 5) is 47.9. The molecule has 2 amide bonds. The summed E-state index contributed by atoms with van der Waals surface area (Å²) in [7, 11) is 2.36. The van der Waals surface area contributed by atoms with Crippen LogP contribution in [0.1, 0.15) is 20.7 Å². The summed E-state index contributed by atoms with van der Waals surface area (Å²) in [5.74, 6) is -3.39. The van der Waals surface area contributed by atoms with Gasteiger partial charge >= 0.3 is 23.8 Å². The topological polar surface area (TPSA) is 111 Å². The number of methoxy groups -OCH3 is 2. The second-order valence-electron chi connectivity index (χ2n) is 5.16. The highest BCUT2D eigenvalue weighted by molar-refractivity contribution is 9.10. The van der Waals surface area contributed by atoms with Gasteiger partial charge in [0.2, 0.25) is 0 Å². The Morgan fingerprint density at radius 2 is 1.52 bits per heavy atom. The molecule has 0 heterocycles. The molecule has 2 aromatic carbocycles. The number of ether oxygens (including phenoxy) is 2. The molecule has 0 fully saturated rings. The maximum Gasteiger partial charge on any atom is 0.339 e. The number of nitrogens with one attached hydrogen (secondary N) is 2. The molecule has 0 aliphatic rings. The van der Waals surface area contributed by atoms with E-state index in [1.165, 1.54) is 32.4 Å². The Labute approximate surface area is 163 Å². The van der Waals surface area contributed by atoms with Gasteiger partial charge in [-0.05, 0) is 36.4 Å². The first-order valence-corrected chi connectivity index (χ1v) is 8.33. The van der Waals surface area contributed by atoms with Crippen LogP contribution in [0, 0.1) is 0 Å². The molecular weight excluding hydrogens is 420 g/mol. The SMILES string of the molecule is COC(=O)c1ccc(C(=O)OC)c(NC(=O)C(=O)Nc2cccc(Br)c2)c1. The van der Waals surface area contributed by atoms with Gasteiger partial charge in [-0.3, -0.25) is 9.59 Å². The zero-order chi connectivity index (χ0) is 20.0. The van der Waals surface area contributed by atoms with Crippen molar-refractivity contribution in [3.05, 3.63) is 58.1 Å². The highest BCUT2D eigenvalue weighted by Crippen LogP contribution is 2.20. The lowest BCUT2D eigenvalue weighted by Gasteiger charge is -2.11. The van der Waals surface area contributed by atoms with Gasteiger partial charge < -0.3 is 20.1 Å². The molecule has 0 saturated heterocycles. The molecule has 0 unspecified atom stereocenters. The fraction of sp³-hybridized carbons (Fsp3) is 0.111. The van der Waals surface area contributed by atoms with Crippen LogP contribution in [0.15, 0.2) is 46.9 Å². The number of halogens is 1. The number of esters is 2. The van der Waals surface area contributed by atoms with Gasteiger partial charge in [-0.1, -0.05) is 22.0 Å². The molecule has 0 spiro atoms. The Morgan fingerprint density at radius 1 is 0.852 bits per heavy atom. The van der Waals surface area contributed by atoms with E-state index in [1.807, 2.05) is 0 Å². The molecule has 0 aliphatic carbocycles. The molecular formula is C18H15BrN2O6. The van der Waals surface area contributed by atoms with E-state index >= 15 is 0 Å². The normalized spacial score (nSPS) is 9.89. The van der Waals surface area contributed by atoms with Crippen molar-refractivity contribution in [1.29, 1.82) is 0 Å². The monoisotopic (exact) mass is 434 g/mol. The number of anilines is 2. The van der Waals surface area contributed by atoms with Gasteiger partial charge in [-0.15, -0.1) is 0 Å². The molecule has 0 aliphatic heterocycles. The average Bonchev–Trinajstić information content (AvgIpc) is 2.66. The molecule has 140 valence electrons. The molecule has 2 aromatic rings. The predicted molar refractivity (Wildman–Crippen MR) is 101 cm³/mol. The van der Waals surface area contributed by atoms with Crippen molar-refractivity contribution in [1.82, 2.24) is 0 Å². The van der Waals surface area contributed by atoms with Gasteiger partial charge in [0.1, 0.15) is 0 Å². The third kappa shape index (κ3) is 5.14. The largest absolute Gasteiger partial charge is 0.465 e. The number of hydrogen-bond donors (Lipinski definition) is 2. The van der Waals surface area contributed by atoms with Gasteiger partial charge in [0.05, 0.1) is 31.0 Å². The van der Waals surface area contributed by atoms with Crippen LogP contribution in [0.5, 0.6) is 0 Å². The second-order valence-corrected chi connectivity index (χ2v) is 6.08. The van der Waals surface area contributed by atoms with Crippen molar-refractivity contribution < 1.29 is 28.7 Å². The van der Waals surface area contributed by atoms with Crippen molar-refractivity contribution in [2.45, 2.75) is 0 Å². The Morgan fingerprint density at radius 3 is 2.15 bits per heavy atom. The Balaban J connectivity index is 2.25. The summed E-state index contributed by atoms with van der Waals surface area (Å²) in [5.41, 5.74) is 0.418. The van der Waals surface area contributed by atoms with Crippen LogP contribution in [-0.2, 0) is 19.1 Å². The first kappa shape index (κ1) is 20.1. The summed E-state index contributed by atoms with van der Waals surface area (Å²) in [6.07, 6.45) is 0. The zero-order valence-corrected chi connectivity index (χ0v) is 16.0. The van der Waals surface area contributed by atoms with E-state index in [9.17, 15) is 19.2 Å². The van der Waals surface area contributed by atoms with E-state index in [1.54, 1.807) is 24.3 Å². The Bertz CT molecular complexity index is 912. The molecule has 0 radical (unpaired) electrons. The van der Waals surface area contributed by atoms with Crippen LogP contribution in [0.4, 0.5) is 11.4 Å². The van der Waals surface area contributed by atoms with Crippen molar-refractivity contribution >= 4 is 51.1 Å². The van der Waals surface area contributed by atoms with Crippen molar-refractivity contribution in [2.75, 3.05) is 24.9 Å². The van der Waals surface area contributed by atoms with Crippen LogP contribution < -0.4 is 10.6 Å². The molecule has 8 nitrogen and oxygen atoms in total. The number of carbonyl (C=O) groups excluding carboxylic acids is 4. The van der Waals surface area contributed by atoms with Crippen molar-refractivity contribution in [2.24, 2.45) is 0 Å². The van der Waals surface area contributed by atoms with Crippen molar-refractivity contribution in [3.63, 3.8) is 0 Å². The summed E-state index contributed by atoms with van der Waals surface area (Å²) in [5, 5.41) is 4.73. The molecule has 0 atom stereocenters. The van der Waals surface area contributed by atoms with E-state index in [0.29, 0.717) is 5.69 Å². The zero-order valence-electron chi connectivity index (χ0n) is 14.4. The van der Waals surface area contributed by atoms with Crippen LogP contribution in [0.25, 0.3) is 0 Å². The van der Waals surface area contributed by atoms with E-state index in [4.69, 9.17) is 0 Å². The molecule has 0 aromatic heterocycles. The maximum absolute atomic E-state index is 12.2. The lowest BCUT2D eigenvalue weighted by molar-refractivity contribution is -0.133. The van der Waals surface area contributed by atoms with E-state index in [-0.39, 0.29) is 16.8 Å². The second kappa shape index (κ2) is 8.95. The van der Waals surface area contributed by atoms with Crippen LogP contribution >= 0.6 is 15.9 Å². The van der Waals surface area contributed by atoms with E-state index in [2.05, 4.69) is 36.0 Å². The predicted octanol–water partition coefficient (Wildman–Crippen LogP) is 2.60. The lowest BCUT2D eigenvalue weighted by Crippen LogP contribution is -2.30. The molecule has 27 heavy (non-hydrogen) atoms. The number of carbonyl (C=O) groups is 4. The molecule has 2 N–H and O–H groups in total. The fourth-order valence-electron chi connectivity index (χ4n) is 2.11. The minimum Gasteiger partial charge on any atom is -0.465 e. The third-order valence-corrected chi connectivity index (χ3v) is 3.88. The van der Waals surface area contributed by atoms with Crippen LogP contribution in [0.2, 0.25) is 0 Å². The summed E-state index contributed by atoms with van der Waals surface area (Å²) in [6, 6.07) is 10.5. The first-order chi connectivity index (χ1) is 12.8. The third-order valence-electron chi connectivity index (χ3n) is 3.38. The standard InChI is InChI=1S/C18H15BrN2O6/c1-26-17(24)10-6-7-13(18(25)27-2)14(8-10)21-16(23)15(22)20-12-5-3-4-11(19)9-12/h3-9H,1-2H3,(H,20,22)(H,21,23). The van der Waals surface area contributed by atoms with Crippen LogP contribution in [-0.4, -0.2) is 38.0 Å². The molecule has 0 saturated carbocycles. The summed E-state index contributed by atoms with van der Waals surface area (Å²) in [6.45, 7) is 0. The van der Waals surface area contributed by atoms with Gasteiger partial charge in [0.25, 0.3) is 0 Å². The van der Waals surface area contributed by atoms with Crippen LogP contribution in [0.3, 0.4) is 0 Å². The highest BCUT2D eigenvalue weighted by atomic mass is 79.9. The van der Waals surface area contributed by atoms with Gasteiger partial charge in [-0.25, -0.2) is 9.59 Å². The number of rotatable bonds is 4. The highest BCUT2D eigenvalue weighted by Gasteiger charge is 2.20. The Kier molecular flexibility index (Phi) is 6.67. The van der Waals surface area contributed by atoms with Gasteiger partial charge in [-0.2, -0.15) is 0 Å². The average molecular weight is 435 g/mol. The quantitative estimate of drug-likeness (QED) is 0.564. The van der Waals surface area contributed by atoms with Crippen molar-refractivity contribution in [3.8, 4) is 0 Å². The minimum atomic E-state index is -1.03. The first-order valence-electron chi connectivity index (χ1n) is 7.54. The number of hydrogen-bond acceptors (Lipinski definition) is 6. The molecule has 0 bridgehead atoms. The smallest absolute Gasteiger partial charge is 0.339 e. The maximum atomic E-state index is 12.2. The van der Waals surface area contributed by atoms with Gasteiger partial charge in [0, 0.05) is 10.2 Å². The fourth-order valence-corrected chi connectivity index (χ4v) is 2.51. The Hall–Kier alpha value is -3.20. The van der Waals surface area contributed by atoms with E-state index in [0.717, 1.165) is 4.47 Å². The summed E-state index contributed by atoms with van der Waals surface area (Å²) >= 11 is 3.26. The molecule has 2 rings (SSSR count). The number of amides is 2. The van der Waals surface area contributed by atoms with Gasteiger partial charge in [0.15, 0.2) is 0 Å². The minimum absolute atomic E-state index is 0.0197. The lowest BCUT2D eigenvalue weighted by atomic mass is 10.1. The van der Waals surface area contributed by atoms with E-state index < -0.39 is 23.8 Å². The number of benzene rings is 2. The summed E-state index contributed by atoms with van der Waals surface area (Å²) < 4.78 is 9.97. The molecule has 9 heteroatoms.